The lowest BCUT2D eigenvalue weighted by Gasteiger charge is -1.90. The molecule has 0 atom stereocenters. The first-order valence-electron chi connectivity index (χ1n) is 3.06. The molecule has 0 aliphatic rings. The summed E-state index contributed by atoms with van der Waals surface area (Å²) in [4.78, 5) is 28.1. The van der Waals surface area contributed by atoms with Gasteiger partial charge in [0.15, 0.2) is 0 Å². The van der Waals surface area contributed by atoms with Crippen LogP contribution in [0.3, 0.4) is 0 Å². The second kappa shape index (κ2) is 3.40. The van der Waals surface area contributed by atoms with E-state index in [4.69, 9.17) is 5.53 Å². The van der Waals surface area contributed by atoms with Crippen molar-refractivity contribution in [1.29, 1.82) is 0 Å². The van der Waals surface area contributed by atoms with Crippen LogP contribution in [0.4, 0.5) is 0 Å². The standard InChI is InChI=1S/C5H5N5O2/c6-10-8-2-3-1-7-5(12)9-4(3)11/h1H,2H2,(H2,7,9,11,12). The van der Waals surface area contributed by atoms with E-state index in [9.17, 15) is 9.59 Å². The Hall–Kier alpha value is -2.01. The Morgan fingerprint density at radius 2 is 2.33 bits per heavy atom. The summed E-state index contributed by atoms with van der Waals surface area (Å²) in [7, 11) is 0. The number of nitrogens with one attached hydrogen (secondary N) is 2. The van der Waals surface area contributed by atoms with E-state index in [1.807, 2.05) is 4.98 Å². The number of hydrogen-bond donors (Lipinski definition) is 2. The molecule has 0 unspecified atom stereocenters. The molecule has 12 heavy (non-hydrogen) atoms. The molecular formula is C5H5N5O2. The molecule has 0 bridgehead atoms. The lowest BCUT2D eigenvalue weighted by molar-refractivity contribution is 0.934. The van der Waals surface area contributed by atoms with Crippen molar-refractivity contribution in [2.45, 2.75) is 6.54 Å². The summed E-state index contributed by atoms with van der Waals surface area (Å²) in [5.74, 6) is 0. The van der Waals surface area contributed by atoms with Crippen LogP contribution < -0.4 is 11.2 Å². The molecule has 2 N–H and O–H groups in total. The Labute approximate surface area is 65.7 Å². The summed E-state index contributed by atoms with van der Waals surface area (Å²) >= 11 is 0. The normalized spacial score (nSPS) is 9.00. The van der Waals surface area contributed by atoms with Gasteiger partial charge in [-0.15, -0.1) is 0 Å². The van der Waals surface area contributed by atoms with E-state index in [0.717, 1.165) is 0 Å². The molecule has 0 aromatic carbocycles. The van der Waals surface area contributed by atoms with Gasteiger partial charge in [0.1, 0.15) is 0 Å². The number of nitrogens with zero attached hydrogens (tertiary/aromatic N) is 3. The third-order valence-corrected chi connectivity index (χ3v) is 1.20. The number of H-pyrrole nitrogens is 2. The van der Waals surface area contributed by atoms with Crippen LogP contribution in [0.1, 0.15) is 5.56 Å². The van der Waals surface area contributed by atoms with E-state index in [-0.39, 0.29) is 12.1 Å². The summed E-state index contributed by atoms with van der Waals surface area (Å²) in [6.07, 6.45) is 1.22. The van der Waals surface area contributed by atoms with Crippen LogP contribution in [0.2, 0.25) is 0 Å². The van der Waals surface area contributed by atoms with Crippen molar-refractivity contribution in [3.63, 3.8) is 0 Å². The average Bonchev–Trinajstić information content (AvgIpc) is 2.03. The maximum atomic E-state index is 10.9. The topological polar surface area (TPSA) is 114 Å². The molecule has 1 aromatic rings. The summed E-state index contributed by atoms with van der Waals surface area (Å²) in [6.45, 7) is -0.0669. The van der Waals surface area contributed by atoms with E-state index in [0.29, 0.717) is 0 Å². The maximum absolute atomic E-state index is 10.9. The fraction of sp³-hybridized carbons (Fsp3) is 0.200. The van der Waals surface area contributed by atoms with Gasteiger partial charge in [0, 0.05) is 16.7 Å². The summed E-state index contributed by atoms with van der Waals surface area (Å²) in [5.41, 5.74) is 7.06. The number of rotatable bonds is 2. The van der Waals surface area contributed by atoms with Crippen molar-refractivity contribution in [3.8, 4) is 0 Å². The zero-order valence-electron chi connectivity index (χ0n) is 5.94. The van der Waals surface area contributed by atoms with Crippen molar-refractivity contribution in [1.82, 2.24) is 9.97 Å². The first-order chi connectivity index (χ1) is 5.74. The predicted molar refractivity (Wildman–Crippen MR) is 40.5 cm³/mol. The molecule has 0 radical (unpaired) electrons. The monoisotopic (exact) mass is 167 g/mol. The number of aromatic nitrogens is 2. The first kappa shape index (κ1) is 8.09. The molecule has 0 fully saturated rings. The fourth-order valence-corrected chi connectivity index (χ4v) is 0.663. The Balaban J connectivity index is 3.10. The molecule has 7 nitrogen and oxygen atoms in total. The van der Waals surface area contributed by atoms with E-state index < -0.39 is 11.2 Å². The van der Waals surface area contributed by atoms with Crippen LogP contribution in [0.15, 0.2) is 20.9 Å². The zero-order chi connectivity index (χ0) is 8.97. The minimum Gasteiger partial charge on any atom is -0.314 e. The third-order valence-electron chi connectivity index (χ3n) is 1.20. The van der Waals surface area contributed by atoms with Crippen molar-refractivity contribution in [3.05, 3.63) is 43.0 Å². The number of azide groups is 1. The quantitative estimate of drug-likeness (QED) is 0.363. The van der Waals surface area contributed by atoms with Crippen LogP contribution in [-0.2, 0) is 6.54 Å². The SMILES string of the molecule is [N-]=[N+]=NCc1c[nH]c(=O)[nH]c1=O. The molecule has 1 heterocycles. The van der Waals surface area contributed by atoms with Crippen LogP contribution in [0.25, 0.3) is 10.4 Å². The molecule has 1 rings (SSSR count). The second-order valence-corrected chi connectivity index (χ2v) is 1.99. The zero-order valence-corrected chi connectivity index (χ0v) is 5.94. The molecule has 7 heteroatoms. The molecule has 0 aliphatic heterocycles. The van der Waals surface area contributed by atoms with Gasteiger partial charge in [-0.3, -0.25) is 9.78 Å². The molecule has 1 aromatic heterocycles. The Morgan fingerprint density at radius 3 is 2.92 bits per heavy atom. The van der Waals surface area contributed by atoms with Crippen molar-refractivity contribution in [2.24, 2.45) is 5.11 Å². The van der Waals surface area contributed by atoms with E-state index in [1.54, 1.807) is 0 Å². The Bertz CT molecular complexity index is 424. The minimum atomic E-state index is -0.579. The van der Waals surface area contributed by atoms with Gasteiger partial charge in [0.2, 0.25) is 0 Å². The van der Waals surface area contributed by atoms with Crippen LogP contribution in [-0.4, -0.2) is 9.97 Å². The Kier molecular flexibility index (Phi) is 2.29. The lowest BCUT2D eigenvalue weighted by Crippen LogP contribution is -2.24. The van der Waals surface area contributed by atoms with Crippen LogP contribution in [0.5, 0.6) is 0 Å². The van der Waals surface area contributed by atoms with Crippen molar-refractivity contribution < 1.29 is 0 Å². The Morgan fingerprint density at radius 1 is 1.58 bits per heavy atom. The third kappa shape index (κ3) is 1.74. The highest BCUT2D eigenvalue weighted by Crippen LogP contribution is 1.87. The minimum absolute atomic E-state index is 0.0669. The van der Waals surface area contributed by atoms with Crippen LogP contribution >= 0.6 is 0 Å². The van der Waals surface area contributed by atoms with Gasteiger partial charge in [-0.25, -0.2) is 4.79 Å². The van der Waals surface area contributed by atoms with E-state index in [1.165, 1.54) is 6.20 Å². The van der Waals surface area contributed by atoms with Gasteiger partial charge >= 0.3 is 5.69 Å². The van der Waals surface area contributed by atoms with Gasteiger partial charge in [0.25, 0.3) is 5.56 Å². The van der Waals surface area contributed by atoms with E-state index in [2.05, 4.69) is 15.0 Å². The predicted octanol–water partition coefficient (Wildman–Crippen LogP) is -0.127. The van der Waals surface area contributed by atoms with Gasteiger partial charge in [-0.05, 0) is 5.53 Å². The van der Waals surface area contributed by atoms with Crippen molar-refractivity contribution >= 4 is 0 Å². The first-order valence-corrected chi connectivity index (χ1v) is 3.06. The summed E-state index contributed by atoms with van der Waals surface area (Å²) in [5, 5.41) is 3.17. The molecule has 0 saturated heterocycles. The summed E-state index contributed by atoms with van der Waals surface area (Å²) in [6, 6.07) is 0. The molecule has 62 valence electrons. The number of aromatic amines is 2. The second-order valence-electron chi connectivity index (χ2n) is 1.99. The molecule has 0 spiro atoms. The van der Waals surface area contributed by atoms with Crippen LogP contribution in [0, 0.1) is 0 Å². The highest BCUT2D eigenvalue weighted by Gasteiger charge is 1.96. The highest BCUT2D eigenvalue weighted by atomic mass is 16.2. The molecular weight excluding hydrogens is 162 g/mol. The molecule has 0 amide bonds. The molecule has 0 aliphatic carbocycles. The molecule has 0 saturated carbocycles. The maximum Gasteiger partial charge on any atom is 0.325 e. The van der Waals surface area contributed by atoms with Gasteiger partial charge in [-0.2, -0.15) is 0 Å². The van der Waals surface area contributed by atoms with Crippen molar-refractivity contribution in [2.75, 3.05) is 0 Å². The smallest absolute Gasteiger partial charge is 0.314 e. The highest BCUT2D eigenvalue weighted by molar-refractivity contribution is 5.02. The van der Waals surface area contributed by atoms with Gasteiger partial charge in [0.05, 0.1) is 6.54 Å². The van der Waals surface area contributed by atoms with E-state index >= 15 is 0 Å². The average molecular weight is 167 g/mol. The summed E-state index contributed by atoms with van der Waals surface area (Å²) < 4.78 is 0. The largest absolute Gasteiger partial charge is 0.325 e. The lowest BCUT2D eigenvalue weighted by atomic mass is 10.3. The fourth-order valence-electron chi connectivity index (χ4n) is 0.663. The number of hydrogen-bond acceptors (Lipinski definition) is 3. The van der Waals surface area contributed by atoms with Gasteiger partial charge < -0.3 is 4.98 Å². The van der Waals surface area contributed by atoms with Gasteiger partial charge in [-0.1, -0.05) is 5.11 Å².